The number of carbonyl (C=O) groups excluding carboxylic acids is 2. The van der Waals surface area contributed by atoms with Crippen LogP contribution in [0.15, 0.2) is 22.2 Å². The molecule has 1 aromatic carbocycles. The van der Waals surface area contributed by atoms with Crippen molar-refractivity contribution in [3.63, 3.8) is 0 Å². The number of carbonyl (C=O) groups is 2. The average molecular weight is 493 g/mol. The van der Waals surface area contributed by atoms with Crippen LogP contribution in [-0.2, 0) is 19.3 Å². The summed E-state index contributed by atoms with van der Waals surface area (Å²) in [5, 5.41) is -0.183. The number of benzene rings is 1. The van der Waals surface area contributed by atoms with E-state index in [1.54, 1.807) is 13.8 Å². The van der Waals surface area contributed by atoms with E-state index in [0.29, 0.717) is 0 Å². The largest absolute Gasteiger partial charge is 0.426 e. The Morgan fingerprint density at radius 1 is 0.815 bits per heavy atom. The Hall–Kier alpha value is -0.360. The summed E-state index contributed by atoms with van der Waals surface area (Å²) in [5.74, 6) is -0.941. The SMILES string of the molecule is CCC(=O)Oc1ccc(OC(=O)CC)c2c1C1(Cl)C(Cl)=C(Cl)C2(Cl)C1(Cl)Cl. The van der Waals surface area contributed by atoms with E-state index < -0.39 is 26.0 Å². The maximum Gasteiger partial charge on any atom is 0.310 e. The normalized spacial score (nSPS) is 27.6. The van der Waals surface area contributed by atoms with Gasteiger partial charge in [-0.15, -0.1) is 23.2 Å². The molecule has 0 saturated carbocycles. The standard InChI is InChI=1S/C17H12Cl6O4/c1-3-9(24)26-7-5-6-8(27-10(25)4-2)12-11(7)15(20)13(18)14(19)16(12,21)17(15,22)23/h5-6H,3-4H2,1-2H3. The van der Waals surface area contributed by atoms with Crippen LogP contribution in [-0.4, -0.2) is 16.3 Å². The molecule has 0 aliphatic heterocycles. The first kappa shape index (κ1) is 21.4. The van der Waals surface area contributed by atoms with E-state index in [9.17, 15) is 9.59 Å². The van der Waals surface area contributed by atoms with Gasteiger partial charge in [-0.3, -0.25) is 9.59 Å². The lowest BCUT2D eigenvalue weighted by Crippen LogP contribution is -2.39. The van der Waals surface area contributed by atoms with Crippen LogP contribution in [0, 0.1) is 0 Å². The van der Waals surface area contributed by atoms with Crippen LogP contribution < -0.4 is 9.47 Å². The molecule has 2 aliphatic rings. The van der Waals surface area contributed by atoms with Gasteiger partial charge in [0.05, 0.1) is 10.1 Å². The number of halogens is 6. The molecule has 3 rings (SSSR count). The molecular formula is C17H12Cl6O4. The van der Waals surface area contributed by atoms with E-state index in [0.717, 1.165) is 0 Å². The van der Waals surface area contributed by atoms with Crippen LogP contribution >= 0.6 is 69.6 Å². The molecule has 0 aromatic heterocycles. The predicted octanol–water partition coefficient (Wildman–Crippen LogP) is 6.08. The van der Waals surface area contributed by atoms with Crippen LogP contribution in [0.4, 0.5) is 0 Å². The van der Waals surface area contributed by atoms with Crippen molar-refractivity contribution in [2.24, 2.45) is 0 Å². The highest BCUT2D eigenvalue weighted by Gasteiger charge is 2.79. The molecule has 0 heterocycles. The van der Waals surface area contributed by atoms with Gasteiger partial charge in [-0.05, 0) is 12.1 Å². The number of ether oxygens (including phenoxy) is 2. The number of esters is 2. The molecule has 27 heavy (non-hydrogen) atoms. The smallest absolute Gasteiger partial charge is 0.310 e. The van der Waals surface area contributed by atoms with Gasteiger partial charge >= 0.3 is 11.9 Å². The number of hydrogen-bond donors (Lipinski definition) is 0. The van der Waals surface area contributed by atoms with Gasteiger partial charge in [0.1, 0.15) is 21.2 Å². The molecule has 2 unspecified atom stereocenters. The molecule has 10 heteroatoms. The van der Waals surface area contributed by atoms with Crippen molar-refractivity contribution in [3.8, 4) is 11.5 Å². The van der Waals surface area contributed by atoms with E-state index in [4.69, 9.17) is 79.1 Å². The average Bonchev–Trinajstić information content (AvgIpc) is 2.84. The fourth-order valence-corrected chi connectivity index (χ4v) is 5.86. The molecule has 2 atom stereocenters. The maximum atomic E-state index is 11.9. The van der Waals surface area contributed by atoms with E-state index in [1.165, 1.54) is 12.1 Å². The third kappa shape index (κ3) is 2.57. The second kappa shape index (κ2) is 6.86. The first-order valence-corrected chi connectivity index (χ1v) is 10.2. The summed E-state index contributed by atoms with van der Waals surface area (Å²) in [4.78, 5) is 20.1. The zero-order valence-electron chi connectivity index (χ0n) is 14.0. The molecular weight excluding hydrogens is 481 g/mol. The fraction of sp³-hybridized carbons (Fsp3) is 0.412. The Morgan fingerprint density at radius 2 is 1.15 bits per heavy atom. The van der Waals surface area contributed by atoms with Crippen LogP contribution in [0.1, 0.15) is 37.8 Å². The first-order valence-electron chi connectivity index (χ1n) is 7.89. The first-order chi connectivity index (χ1) is 12.5. The molecule has 146 valence electrons. The van der Waals surface area contributed by atoms with Gasteiger partial charge in [-0.2, -0.15) is 0 Å². The lowest BCUT2D eigenvalue weighted by molar-refractivity contribution is -0.135. The summed E-state index contributed by atoms with van der Waals surface area (Å²) in [6.45, 7) is 3.26. The second-order valence-electron chi connectivity index (χ2n) is 5.99. The molecule has 0 radical (unpaired) electrons. The lowest BCUT2D eigenvalue weighted by atomic mass is 9.93. The third-order valence-electron chi connectivity index (χ3n) is 4.51. The minimum Gasteiger partial charge on any atom is -0.426 e. The Bertz CT molecular complexity index is 827. The van der Waals surface area contributed by atoms with Crippen molar-refractivity contribution in [1.29, 1.82) is 0 Å². The van der Waals surface area contributed by atoms with Gasteiger partial charge in [0.2, 0.25) is 0 Å². The summed E-state index contributed by atoms with van der Waals surface area (Å²) in [7, 11) is 0. The van der Waals surface area contributed by atoms with Crippen molar-refractivity contribution in [1.82, 2.24) is 0 Å². The summed E-state index contributed by atoms with van der Waals surface area (Å²) in [6, 6.07) is 2.83. The zero-order valence-corrected chi connectivity index (χ0v) is 18.5. The highest BCUT2D eigenvalue weighted by atomic mass is 35.5. The fourth-order valence-electron chi connectivity index (χ4n) is 3.16. The van der Waals surface area contributed by atoms with E-state index in [2.05, 4.69) is 0 Å². The van der Waals surface area contributed by atoms with Gasteiger partial charge in [-0.25, -0.2) is 0 Å². The second-order valence-corrected chi connectivity index (χ2v) is 9.20. The minimum absolute atomic E-state index is 0.0543. The molecule has 1 aromatic rings. The molecule has 0 N–H and O–H groups in total. The van der Waals surface area contributed by atoms with Gasteiger partial charge in [0.25, 0.3) is 0 Å². The van der Waals surface area contributed by atoms with Crippen molar-refractivity contribution < 1.29 is 19.1 Å². The molecule has 0 saturated heterocycles. The summed E-state index contributed by atoms with van der Waals surface area (Å²) < 4.78 is 8.79. The maximum absolute atomic E-state index is 11.9. The highest BCUT2D eigenvalue weighted by molar-refractivity contribution is 6.65. The van der Waals surface area contributed by atoms with Crippen LogP contribution in [0.3, 0.4) is 0 Å². The third-order valence-corrected chi connectivity index (χ3v) is 8.58. The van der Waals surface area contributed by atoms with E-state index >= 15 is 0 Å². The molecule has 2 bridgehead atoms. The topological polar surface area (TPSA) is 52.6 Å². The number of hydrogen-bond acceptors (Lipinski definition) is 4. The lowest BCUT2D eigenvalue weighted by Gasteiger charge is -2.31. The van der Waals surface area contributed by atoms with Crippen LogP contribution in [0.2, 0.25) is 0 Å². The van der Waals surface area contributed by atoms with Crippen molar-refractivity contribution in [2.75, 3.05) is 0 Å². The molecule has 4 nitrogen and oxygen atoms in total. The zero-order chi connectivity index (χ0) is 20.4. The van der Waals surface area contributed by atoms with Gasteiger partial charge in [-0.1, -0.05) is 60.3 Å². The molecule has 2 aliphatic carbocycles. The number of alkyl halides is 4. The quantitative estimate of drug-likeness (QED) is 0.290. The summed E-state index contributed by atoms with van der Waals surface area (Å²) in [5.41, 5.74) is 0.281. The summed E-state index contributed by atoms with van der Waals surface area (Å²) >= 11 is 39.4. The minimum atomic E-state index is -1.94. The number of rotatable bonds is 4. The molecule has 0 fully saturated rings. The Balaban J connectivity index is 2.35. The van der Waals surface area contributed by atoms with Crippen molar-refractivity contribution >= 4 is 81.5 Å². The van der Waals surface area contributed by atoms with E-state index in [-0.39, 0.29) is 45.5 Å². The Labute approximate surface area is 185 Å². The van der Waals surface area contributed by atoms with Gasteiger partial charge in [0, 0.05) is 24.0 Å². The Morgan fingerprint density at radius 3 is 1.44 bits per heavy atom. The monoisotopic (exact) mass is 490 g/mol. The van der Waals surface area contributed by atoms with Crippen LogP contribution in [0.25, 0.3) is 0 Å². The van der Waals surface area contributed by atoms with Crippen LogP contribution in [0.5, 0.6) is 11.5 Å². The molecule has 0 amide bonds. The van der Waals surface area contributed by atoms with Gasteiger partial charge < -0.3 is 9.47 Å². The summed E-state index contributed by atoms with van der Waals surface area (Å²) in [6.07, 6.45) is 0.222. The number of allylic oxidation sites excluding steroid dienone is 2. The highest BCUT2D eigenvalue weighted by Crippen LogP contribution is 2.79. The van der Waals surface area contributed by atoms with Crippen molar-refractivity contribution in [3.05, 3.63) is 33.3 Å². The van der Waals surface area contributed by atoms with Gasteiger partial charge in [0.15, 0.2) is 4.33 Å². The predicted molar refractivity (Wildman–Crippen MR) is 107 cm³/mol. The Kier molecular flexibility index (Phi) is 5.42. The van der Waals surface area contributed by atoms with E-state index in [1.807, 2.05) is 0 Å². The number of fused-ring (bicyclic) bond motifs is 5. The van der Waals surface area contributed by atoms with Crippen molar-refractivity contribution in [2.45, 2.75) is 40.8 Å². The molecule has 0 spiro atoms.